The summed E-state index contributed by atoms with van der Waals surface area (Å²) in [7, 11) is 0. The zero-order valence-corrected chi connectivity index (χ0v) is 23.5. The van der Waals surface area contributed by atoms with Gasteiger partial charge in [-0.1, -0.05) is 42.5 Å². The zero-order chi connectivity index (χ0) is 27.7. The summed E-state index contributed by atoms with van der Waals surface area (Å²) in [6.45, 7) is 13.7. The highest BCUT2D eigenvalue weighted by molar-refractivity contribution is 8.02. The van der Waals surface area contributed by atoms with Crippen molar-refractivity contribution in [3.05, 3.63) is 61.2 Å². The van der Waals surface area contributed by atoms with Crippen molar-refractivity contribution in [1.82, 2.24) is 9.80 Å². The van der Waals surface area contributed by atoms with E-state index in [-0.39, 0.29) is 37.0 Å². The van der Waals surface area contributed by atoms with Gasteiger partial charge in [0.2, 0.25) is 11.8 Å². The van der Waals surface area contributed by atoms with Gasteiger partial charge in [0, 0.05) is 17.3 Å². The molecule has 8 heteroatoms. The normalized spacial score (nSPS) is 30.3. The van der Waals surface area contributed by atoms with Crippen LogP contribution in [-0.4, -0.2) is 80.1 Å². The van der Waals surface area contributed by atoms with Crippen LogP contribution < -0.4 is 0 Å². The highest BCUT2D eigenvalue weighted by atomic mass is 32.2. The van der Waals surface area contributed by atoms with Crippen LogP contribution in [0.1, 0.15) is 45.6 Å². The monoisotopic (exact) mass is 540 g/mol. The number of carbonyl (C=O) groups is 3. The average molecular weight is 541 g/mol. The molecule has 3 saturated heterocycles. The van der Waals surface area contributed by atoms with Gasteiger partial charge in [0.1, 0.15) is 6.04 Å². The van der Waals surface area contributed by atoms with E-state index < -0.39 is 33.4 Å². The molecule has 3 aliphatic rings. The van der Waals surface area contributed by atoms with Crippen molar-refractivity contribution in [2.24, 2.45) is 11.8 Å². The maximum atomic E-state index is 14.4. The minimum Gasteiger partial charge on any atom is -0.465 e. The minimum atomic E-state index is -0.791. The lowest BCUT2D eigenvalue weighted by Crippen LogP contribution is -2.58. The summed E-state index contributed by atoms with van der Waals surface area (Å²) in [5.74, 6) is -2.10. The molecule has 1 spiro atoms. The van der Waals surface area contributed by atoms with Crippen LogP contribution in [0.15, 0.2) is 55.6 Å². The molecule has 1 aromatic rings. The topological polar surface area (TPSA) is 87.1 Å². The molecule has 3 heterocycles. The van der Waals surface area contributed by atoms with Crippen molar-refractivity contribution in [2.45, 2.75) is 74.1 Å². The van der Waals surface area contributed by atoms with Crippen LogP contribution in [0.3, 0.4) is 0 Å². The molecule has 38 heavy (non-hydrogen) atoms. The van der Waals surface area contributed by atoms with Gasteiger partial charge in [0.25, 0.3) is 0 Å². The number of likely N-dealkylation sites (tertiary alicyclic amines) is 1. The summed E-state index contributed by atoms with van der Waals surface area (Å²) in [6, 6.07) is 8.18. The SMILES string of the molecule is C=CCCOC(=O)[C@H]1[C@H]2C(=O)N([C@@H](CO)Cc3ccccc3)C(C(=O)N(CC=C)C(C)C)C23CC[C@]1(C)S3. The Bertz CT molecular complexity index is 1080. The van der Waals surface area contributed by atoms with Gasteiger partial charge in [-0.05, 0) is 52.0 Å². The van der Waals surface area contributed by atoms with Crippen LogP contribution >= 0.6 is 11.8 Å². The highest BCUT2D eigenvalue weighted by Crippen LogP contribution is 2.71. The Kier molecular flexibility index (Phi) is 8.43. The molecule has 2 bridgehead atoms. The number of esters is 1. The van der Waals surface area contributed by atoms with E-state index in [0.717, 1.165) is 5.56 Å². The van der Waals surface area contributed by atoms with E-state index in [9.17, 15) is 19.5 Å². The molecule has 0 aromatic heterocycles. The second-order valence-corrected chi connectivity index (χ2v) is 13.0. The molecule has 2 amide bonds. The van der Waals surface area contributed by atoms with Gasteiger partial charge in [0.05, 0.1) is 35.8 Å². The maximum Gasteiger partial charge on any atom is 0.311 e. The van der Waals surface area contributed by atoms with Gasteiger partial charge in [0.15, 0.2) is 0 Å². The lowest BCUT2D eigenvalue weighted by Gasteiger charge is -2.40. The first-order valence-electron chi connectivity index (χ1n) is 13.5. The number of amides is 2. The second-order valence-electron chi connectivity index (χ2n) is 11.1. The third kappa shape index (κ3) is 4.70. The van der Waals surface area contributed by atoms with E-state index in [1.54, 1.807) is 33.7 Å². The molecule has 0 aliphatic carbocycles. The average Bonchev–Trinajstić information content (AvgIpc) is 3.46. The van der Waals surface area contributed by atoms with Crippen LogP contribution in [0.25, 0.3) is 0 Å². The summed E-state index contributed by atoms with van der Waals surface area (Å²) in [6.07, 6.45) is 5.70. The largest absolute Gasteiger partial charge is 0.465 e. The number of thioether (sulfide) groups is 1. The Morgan fingerprint density at radius 2 is 1.95 bits per heavy atom. The number of benzene rings is 1. The fourth-order valence-corrected chi connectivity index (χ4v) is 9.04. The van der Waals surface area contributed by atoms with Crippen LogP contribution in [0.2, 0.25) is 0 Å². The fraction of sp³-hybridized carbons (Fsp3) is 0.567. The van der Waals surface area contributed by atoms with Gasteiger partial charge in [-0.25, -0.2) is 0 Å². The Morgan fingerprint density at radius 3 is 2.55 bits per heavy atom. The summed E-state index contributed by atoms with van der Waals surface area (Å²) in [5, 5.41) is 10.6. The number of aliphatic hydroxyl groups excluding tert-OH is 1. The molecular weight excluding hydrogens is 500 g/mol. The molecule has 0 saturated carbocycles. The Balaban J connectivity index is 1.79. The Hall–Kier alpha value is -2.58. The Labute approximate surface area is 230 Å². The lowest BCUT2D eigenvalue weighted by molar-refractivity contribution is -0.156. The van der Waals surface area contributed by atoms with Crippen LogP contribution in [0.5, 0.6) is 0 Å². The highest BCUT2D eigenvalue weighted by Gasteiger charge is 2.78. The second kappa shape index (κ2) is 11.3. The third-order valence-electron chi connectivity index (χ3n) is 8.42. The molecule has 3 fully saturated rings. The predicted octanol–water partition coefficient (Wildman–Crippen LogP) is 3.61. The molecule has 1 aromatic carbocycles. The van der Waals surface area contributed by atoms with Crippen LogP contribution in [-0.2, 0) is 25.5 Å². The van der Waals surface area contributed by atoms with E-state index >= 15 is 0 Å². The molecule has 4 rings (SSSR count). The molecule has 206 valence electrons. The van der Waals surface area contributed by atoms with Gasteiger partial charge < -0.3 is 19.6 Å². The molecule has 3 aliphatic heterocycles. The standard InChI is InChI=1S/C30H40N2O5S/c1-6-8-17-37-28(36)24-23-26(34)32(22(19-33)18-21-12-10-9-11-13-21)25(27(35)31(16-7-2)20(3)4)30(23)15-14-29(24,5)38-30/h6-7,9-13,20,22-25,33H,1-2,8,14-19H2,3-5H3/t22-,23+,24-,25?,29+,30?/m1/s1. The minimum absolute atomic E-state index is 0.103. The first-order chi connectivity index (χ1) is 18.1. The molecule has 6 atom stereocenters. The number of hydrogen-bond acceptors (Lipinski definition) is 6. The number of aliphatic hydroxyl groups is 1. The van der Waals surface area contributed by atoms with Gasteiger partial charge in [-0.3, -0.25) is 14.4 Å². The summed E-state index contributed by atoms with van der Waals surface area (Å²) in [4.78, 5) is 45.6. The smallest absolute Gasteiger partial charge is 0.311 e. The van der Waals surface area contributed by atoms with Crippen molar-refractivity contribution in [3.8, 4) is 0 Å². The van der Waals surface area contributed by atoms with E-state index in [1.807, 2.05) is 51.1 Å². The van der Waals surface area contributed by atoms with E-state index in [1.165, 1.54) is 0 Å². The van der Waals surface area contributed by atoms with Crippen LogP contribution in [0.4, 0.5) is 0 Å². The number of fused-ring (bicyclic) bond motifs is 1. The van der Waals surface area contributed by atoms with Gasteiger partial charge in [-0.15, -0.1) is 24.9 Å². The number of hydrogen-bond donors (Lipinski definition) is 1. The third-order valence-corrected chi connectivity index (χ3v) is 10.4. The molecular formula is C30H40N2O5S. The zero-order valence-electron chi connectivity index (χ0n) is 22.7. The number of carbonyl (C=O) groups excluding carboxylic acids is 3. The number of rotatable bonds is 12. The van der Waals surface area contributed by atoms with E-state index in [4.69, 9.17) is 4.74 Å². The molecule has 0 radical (unpaired) electrons. The predicted molar refractivity (Wildman–Crippen MR) is 149 cm³/mol. The first-order valence-corrected chi connectivity index (χ1v) is 14.3. The first kappa shape index (κ1) is 28.4. The Morgan fingerprint density at radius 1 is 1.24 bits per heavy atom. The van der Waals surface area contributed by atoms with Crippen molar-refractivity contribution in [1.29, 1.82) is 0 Å². The van der Waals surface area contributed by atoms with Gasteiger partial charge >= 0.3 is 5.97 Å². The molecule has 1 N–H and O–H groups in total. The lowest BCUT2D eigenvalue weighted by atomic mass is 9.66. The number of ether oxygens (including phenoxy) is 1. The van der Waals surface area contributed by atoms with Crippen molar-refractivity contribution in [3.63, 3.8) is 0 Å². The summed E-state index contributed by atoms with van der Waals surface area (Å²) in [5.41, 5.74) is 0.969. The molecule has 2 unspecified atom stereocenters. The summed E-state index contributed by atoms with van der Waals surface area (Å²) >= 11 is 1.61. The molecule has 7 nitrogen and oxygen atoms in total. The van der Waals surface area contributed by atoms with Crippen molar-refractivity contribution >= 4 is 29.5 Å². The van der Waals surface area contributed by atoms with Gasteiger partial charge in [-0.2, -0.15) is 0 Å². The van der Waals surface area contributed by atoms with E-state index in [0.29, 0.717) is 32.2 Å². The van der Waals surface area contributed by atoms with Crippen molar-refractivity contribution in [2.75, 3.05) is 19.8 Å². The van der Waals surface area contributed by atoms with Crippen molar-refractivity contribution < 1.29 is 24.2 Å². The summed E-state index contributed by atoms with van der Waals surface area (Å²) < 4.78 is 4.37. The van der Waals surface area contributed by atoms with Crippen LogP contribution in [0, 0.1) is 11.8 Å². The fourth-order valence-electron chi connectivity index (χ4n) is 6.72. The maximum absolute atomic E-state index is 14.4. The van der Waals surface area contributed by atoms with E-state index in [2.05, 4.69) is 13.2 Å². The number of nitrogens with zero attached hydrogens (tertiary/aromatic N) is 2. The quantitative estimate of drug-likeness (QED) is 0.248.